The van der Waals surface area contributed by atoms with E-state index in [9.17, 15) is 4.79 Å². The first-order chi connectivity index (χ1) is 9.38. The van der Waals surface area contributed by atoms with Crippen molar-refractivity contribution < 1.29 is 9.53 Å². The molecule has 0 spiro atoms. The zero-order valence-corrected chi connectivity index (χ0v) is 13.0. The van der Waals surface area contributed by atoms with E-state index in [2.05, 4.69) is 9.97 Å². The molecule has 1 aromatic heterocycles. The van der Waals surface area contributed by atoms with E-state index in [0.717, 1.165) is 0 Å². The van der Waals surface area contributed by atoms with E-state index in [4.69, 9.17) is 16.3 Å². The number of ether oxygens (including phenoxy) is 1. The van der Waals surface area contributed by atoms with Crippen molar-refractivity contribution in [3.63, 3.8) is 0 Å². The number of hydrogen-bond acceptors (Lipinski definition) is 4. The number of carbonyl (C=O) groups is 1. The minimum Gasteiger partial charge on any atom is -0.372 e. The van der Waals surface area contributed by atoms with Crippen LogP contribution in [0.4, 0.5) is 0 Å². The first-order valence-electron chi connectivity index (χ1n) is 6.85. The molecule has 2 rings (SSSR count). The molecule has 2 unspecified atom stereocenters. The molecule has 0 aliphatic carbocycles. The van der Waals surface area contributed by atoms with Crippen molar-refractivity contribution in [1.82, 2.24) is 14.9 Å². The van der Waals surface area contributed by atoms with Gasteiger partial charge in [0.05, 0.1) is 23.4 Å². The summed E-state index contributed by atoms with van der Waals surface area (Å²) in [6.45, 7) is 8.99. The molecule has 0 radical (unpaired) electrons. The van der Waals surface area contributed by atoms with Gasteiger partial charge in [0.1, 0.15) is 5.82 Å². The van der Waals surface area contributed by atoms with Crippen LogP contribution in [0.1, 0.15) is 49.9 Å². The van der Waals surface area contributed by atoms with Crippen LogP contribution >= 0.6 is 11.6 Å². The third-order valence-corrected chi connectivity index (χ3v) is 3.47. The Morgan fingerprint density at radius 1 is 1.40 bits per heavy atom. The number of carbonyl (C=O) groups excluding carboxylic acids is 1. The quantitative estimate of drug-likeness (QED) is 0.841. The van der Waals surface area contributed by atoms with E-state index in [-0.39, 0.29) is 29.7 Å². The summed E-state index contributed by atoms with van der Waals surface area (Å²) >= 11 is 6.08. The highest BCUT2D eigenvalue weighted by Gasteiger charge is 2.29. The molecule has 20 heavy (non-hydrogen) atoms. The topological polar surface area (TPSA) is 55.3 Å². The average molecular weight is 298 g/mol. The number of rotatable bonds is 2. The molecule has 0 aromatic carbocycles. The molecule has 0 N–H and O–H groups in total. The fraction of sp³-hybridized carbons (Fsp3) is 0.643. The van der Waals surface area contributed by atoms with Crippen molar-refractivity contribution in [2.24, 2.45) is 0 Å². The van der Waals surface area contributed by atoms with Crippen LogP contribution in [0.2, 0.25) is 5.02 Å². The highest BCUT2D eigenvalue weighted by atomic mass is 35.5. The number of aromatic nitrogens is 2. The Kier molecular flexibility index (Phi) is 4.60. The van der Waals surface area contributed by atoms with E-state index in [1.54, 1.807) is 4.90 Å². The van der Waals surface area contributed by atoms with Crippen LogP contribution in [0.25, 0.3) is 0 Å². The van der Waals surface area contributed by atoms with E-state index in [1.165, 1.54) is 6.20 Å². The Labute approximate surface area is 124 Å². The van der Waals surface area contributed by atoms with Gasteiger partial charge in [-0.15, -0.1) is 0 Å². The molecule has 1 aliphatic rings. The second-order valence-electron chi connectivity index (χ2n) is 5.55. The van der Waals surface area contributed by atoms with Crippen molar-refractivity contribution in [3.8, 4) is 0 Å². The van der Waals surface area contributed by atoms with Crippen LogP contribution in [-0.2, 0) is 4.74 Å². The van der Waals surface area contributed by atoms with Gasteiger partial charge in [-0.05, 0) is 13.8 Å². The van der Waals surface area contributed by atoms with Gasteiger partial charge in [0.15, 0.2) is 5.69 Å². The Bertz CT molecular complexity index is 497. The summed E-state index contributed by atoms with van der Waals surface area (Å²) in [6, 6.07) is 0. The van der Waals surface area contributed by atoms with Crippen LogP contribution in [0.15, 0.2) is 6.20 Å². The second kappa shape index (κ2) is 6.06. The molecule has 1 aromatic rings. The Balaban J connectivity index is 2.26. The summed E-state index contributed by atoms with van der Waals surface area (Å²) in [6.07, 6.45) is 1.55. The van der Waals surface area contributed by atoms with Gasteiger partial charge in [0, 0.05) is 19.0 Å². The highest BCUT2D eigenvalue weighted by Crippen LogP contribution is 2.20. The van der Waals surface area contributed by atoms with E-state index < -0.39 is 0 Å². The largest absolute Gasteiger partial charge is 0.372 e. The first kappa shape index (κ1) is 15.2. The van der Waals surface area contributed by atoms with Crippen molar-refractivity contribution in [3.05, 3.63) is 22.7 Å². The van der Waals surface area contributed by atoms with Gasteiger partial charge in [-0.25, -0.2) is 9.97 Å². The Hall–Kier alpha value is -1.20. The molecule has 1 amide bonds. The second-order valence-corrected chi connectivity index (χ2v) is 5.95. The molecular formula is C14H20ClN3O2. The predicted octanol–water partition coefficient (Wildman–Crippen LogP) is 2.50. The molecule has 0 saturated carbocycles. The number of morpholine rings is 1. The zero-order valence-electron chi connectivity index (χ0n) is 12.3. The maximum Gasteiger partial charge on any atom is 0.274 e. The smallest absolute Gasteiger partial charge is 0.274 e. The lowest BCUT2D eigenvalue weighted by molar-refractivity contribution is -0.0587. The summed E-state index contributed by atoms with van der Waals surface area (Å²) in [5, 5.41) is 0.297. The van der Waals surface area contributed by atoms with Gasteiger partial charge in [0.2, 0.25) is 0 Å². The minimum absolute atomic E-state index is 0.0212. The van der Waals surface area contributed by atoms with Crippen LogP contribution in [0.5, 0.6) is 0 Å². The molecule has 2 heterocycles. The molecule has 1 fully saturated rings. The van der Waals surface area contributed by atoms with Gasteiger partial charge < -0.3 is 9.64 Å². The van der Waals surface area contributed by atoms with Crippen LogP contribution < -0.4 is 0 Å². The molecule has 1 aliphatic heterocycles. The summed E-state index contributed by atoms with van der Waals surface area (Å²) in [7, 11) is 0. The van der Waals surface area contributed by atoms with E-state index in [0.29, 0.717) is 23.9 Å². The first-order valence-corrected chi connectivity index (χ1v) is 7.23. The normalized spacial score (nSPS) is 23.2. The third-order valence-electron chi connectivity index (χ3n) is 3.19. The van der Waals surface area contributed by atoms with Crippen LogP contribution in [0, 0.1) is 0 Å². The number of hydrogen-bond donors (Lipinski definition) is 0. The summed E-state index contributed by atoms with van der Waals surface area (Å²) in [5.74, 6) is 0.634. The molecule has 0 bridgehead atoms. The highest BCUT2D eigenvalue weighted by molar-refractivity contribution is 6.33. The standard InChI is InChI=1S/C14H20ClN3O2/c1-8(2)13-16-5-11(15)12(17-13)14(19)18-6-9(3)20-10(4)7-18/h5,8-10H,6-7H2,1-4H3. The minimum atomic E-state index is -0.152. The van der Waals surface area contributed by atoms with Crippen molar-refractivity contribution >= 4 is 17.5 Å². The van der Waals surface area contributed by atoms with Gasteiger partial charge in [-0.2, -0.15) is 0 Å². The van der Waals surface area contributed by atoms with Gasteiger partial charge in [-0.1, -0.05) is 25.4 Å². The monoisotopic (exact) mass is 297 g/mol. The lowest BCUT2D eigenvalue weighted by atomic mass is 10.2. The lowest BCUT2D eigenvalue weighted by Crippen LogP contribution is -2.48. The summed E-state index contributed by atoms with van der Waals surface area (Å²) < 4.78 is 5.63. The predicted molar refractivity (Wildman–Crippen MR) is 77.0 cm³/mol. The van der Waals surface area contributed by atoms with Crippen LogP contribution in [-0.4, -0.2) is 46.1 Å². The fourth-order valence-corrected chi connectivity index (χ4v) is 2.47. The molecule has 5 nitrogen and oxygen atoms in total. The Morgan fingerprint density at radius 2 is 2.00 bits per heavy atom. The maximum absolute atomic E-state index is 12.6. The Morgan fingerprint density at radius 3 is 2.55 bits per heavy atom. The van der Waals surface area contributed by atoms with Crippen molar-refractivity contribution in [2.75, 3.05) is 13.1 Å². The molecule has 110 valence electrons. The maximum atomic E-state index is 12.6. The summed E-state index contributed by atoms with van der Waals surface area (Å²) in [5.41, 5.74) is 0.284. The van der Waals surface area contributed by atoms with Gasteiger partial charge in [0.25, 0.3) is 5.91 Å². The van der Waals surface area contributed by atoms with Gasteiger partial charge in [-0.3, -0.25) is 4.79 Å². The molecular weight excluding hydrogens is 278 g/mol. The molecule has 1 saturated heterocycles. The van der Waals surface area contributed by atoms with Crippen LogP contribution in [0.3, 0.4) is 0 Å². The van der Waals surface area contributed by atoms with Crippen molar-refractivity contribution in [1.29, 1.82) is 0 Å². The SMILES string of the molecule is CC1CN(C(=O)c2nc(C(C)C)ncc2Cl)CC(C)O1. The fourth-order valence-electron chi connectivity index (χ4n) is 2.30. The molecule has 2 atom stereocenters. The number of halogens is 1. The number of nitrogens with zero attached hydrogens (tertiary/aromatic N) is 3. The van der Waals surface area contributed by atoms with E-state index >= 15 is 0 Å². The van der Waals surface area contributed by atoms with E-state index in [1.807, 2.05) is 27.7 Å². The molecule has 6 heteroatoms. The zero-order chi connectivity index (χ0) is 14.9. The summed E-state index contributed by atoms with van der Waals surface area (Å²) in [4.78, 5) is 22.8. The lowest BCUT2D eigenvalue weighted by Gasteiger charge is -2.35. The number of amides is 1. The third kappa shape index (κ3) is 3.27. The average Bonchev–Trinajstić information content (AvgIpc) is 2.37. The van der Waals surface area contributed by atoms with Crippen molar-refractivity contribution in [2.45, 2.75) is 45.8 Å². The van der Waals surface area contributed by atoms with Gasteiger partial charge >= 0.3 is 0 Å².